The van der Waals surface area contributed by atoms with Crippen LogP contribution in [0.5, 0.6) is 0 Å². The van der Waals surface area contributed by atoms with Crippen LogP contribution in [0.3, 0.4) is 0 Å². The van der Waals surface area contributed by atoms with Crippen molar-refractivity contribution in [1.82, 2.24) is 4.98 Å². The van der Waals surface area contributed by atoms with Crippen molar-refractivity contribution in [3.8, 4) is 11.5 Å². The maximum atomic E-state index is 12.3. The molecule has 136 valence electrons. The molecule has 5 nitrogen and oxygen atoms in total. The summed E-state index contributed by atoms with van der Waals surface area (Å²) >= 11 is 3.19. The Morgan fingerprint density at radius 2 is 1.82 bits per heavy atom. The Morgan fingerprint density at radius 1 is 0.929 bits per heavy atom. The Labute approximate surface area is 168 Å². The SMILES string of the molecule is O=C(Nc1cccc(-c2nc3c(ccc4ccccc43)o2)c1)c1ccc(Br)o1. The maximum absolute atomic E-state index is 12.3. The molecule has 2 heterocycles. The number of aromatic nitrogens is 1. The molecule has 0 atom stereocenters. The Hall–Kier alpha value is -3.38. The molecule has 2 aromatic heterocycles. The van der Waals surface area contributed by atoms with Gasteiger partial charge in [0, 0.05) is 16.6 Å². The molecular weight excluding hydrogens is 420 g/mol. The van der Waals surface area contributed by atoms with Crippen molar-refractivity contribution >= 4 is 49.4 Å². The largest absolute Gasteiger partial charge is 0.444 e. The zero-order valence-corrected chi connectivity index (χ0v) is 16.1. The standard InChI is InChI=1S/C22H13BrN2O3/c23-19-11-10-18(27-19)21(26)24-15-6-3-5-14(12-15)22-25-20-16-7-2-1-4-13(16)8-9-17(20)28-22/h1-12H,(H,24,26). The van der Waals surface area contributed by atoms with E-state index in [0.29, 0.717) is 16.2 Å². The zero-order chi connectivity index (χ0) is 19.1. The van der Waals surface area contributed by atoms with Gasteiger partial charge in [-0.1, -0.05) is 36.4 Å². The number of halogens is 1. The molecule has 0 radical (unpaired) electrons. The monoisotopic (exact) mass is 432 g/mol. The molecule has 0 saturated carbocycles. The van der Waals surface area contributed by atoms with Gasteiger partial charge in [0.05, 0.1) is 0 Å². The average Bonchev–Trinajstić information content (AvgIpc) is 3.35. The first kappa shape index (κ1) is 16.8. The molecule has 0 unspecified atom stereocenters. The molecule has 0 bridgehead atoms. The third-order valence-electron chi connectivity index (χ3n) is 4.45. The van der Waals surface area contributed by atoms with Crippen LogP contribution in [-0.4, -0.2) is 10.9 Å². The summed E-state index contributed by atoms with van der Waals surface area (Å²) in [5, 5.41) is 4.98. The van der Waals surface area contributed by atoms with Gasteiger partial charge in [-0.25, -0.2) is 4.98 Å². The molecule has 0 aliphatic carbocycles. The second-order valence-electron chi connectivity index (χ2n) is 6.29. The summed E-state index contributed by atoms with van der Waals surface area (Å²) in [7, 11) is 0. The number of carbonyl (C=O) groups excluding carboxylic acids is 1. The van der Waals surface area contributed by atoms with E-state index in [9.17, 15) is 4.79 Å². The van der Waals surface area contributed by atoms with Gasteiger partial charge in [0.25, 0.3) is 5.91 Å². The summed E-state index contributed by atoms with van der Waals surface area (Å²) in [6.45, 7) is 0. The molecule has 5 aromatic rings. The fourth-order valence-corrected chi connectivity index (χ4v) is 3.45. The van der Waals surface area contributed by atoms with Gasteiger partial charge < -0.3 is 14.2 Å². The number of nitrogens with one attached hydrogen (secondary N) is 1. The van der Waals surface area contributed by atoms with E-state index in [0.717, 1.165) is 27.4 Å². The number of carbonyl (C=O) groups is 1. The van der Waals surface area contributed by atoms with E-state index in [1.165, 1.54) is 0 Å². The van der Waals surface area contributed by atoms with Crippen molar-refractivity contribution < 1.29 is 13.6 Å². The lowest BCUT2D eigenvalue weighted by molar-refractivity contribution is 0.0995. The minimum atomic E-state index is -0.327. The van der Waals surface area contributed by atoms with E-state index in [1.807, 2.05) is 54.6 Å². The van der Waals surface area contributed by atoms with E-state index < -0.39 is 0 Å². The number of fused-ring (bicyclic) bond motifs is 3. The van der Waals surface area contributed by atoms with Gasteiger partial charge in [-0.05, 0) is 57.7 Å². The molecule has 0 spiro atoms. The molecule has 0 aliphatic rings. The van der Waals surface area contributed by atoms with Gasteiger partial charge in [0.1, 0.15) is 5.52 Å². The molecule has 3 aromatic carbocycles. The van der Waals surface area contributed by atoms with Crippen molar-refractivity contribution in [3.05, 3.63) is 83.2 Å². The summed E-state index contributed by atoms with van der Waals surface area (Å²) in [5.74, 6) is 0.403. The molecule has 0 fully saturated rings. The van der Waals surface area contributed by atoms with Gasteiger partial charge >= 0.3 is 0 Å². The van der Waals surface area contributed by atoms with Gasteiger partial charge in [0.15, 0.2) is 16.0 Å². The first-order chi connectivity index (χ1) is 13.7. The van der Waals surface area contributed by atoms with Crippen LogP contribution in [0.15, 0.2) is 86.3 Å². The van der Waals surface area contributed by atoms with Gasteiger partial charge in [-0.3, -0.25) is 4.79 Å². The number of furan rings is 1. The van der Waals surface area contributed by atoms with E-state index in [1.54, 1.807) is 18.2 Å². The predicted molar refractivity (Wildman–Crippen MR) is 111 cm³/mol. The van der Waals surface area contributed by atoms with E-state index in [-0.39, 0.29) is 11.7 Å². The molecule has 1 N–H and O–H groups in total. The number of hydrogen-bond acceptors (Lipinski definition) is 4. The number of benzene rings is 3. The number of oxazole rings is 1. The second kappa shape index (κ2) is 6.65. The lowest BCUT2D eigenvalue weighted by Gasteiger charge is -2.04. The maximum Gasteiger partial charge on any atom is 0.291 e. The molecule has 28 heavy (non-hydrogen) atoms. The first-order valence-corrected chi connectivity index (χ1v) is 9.42. The quantitative estimate of drug-likeness (QED) is 0.365. The molecule has 1 amide bonds. The smallest absolute Gasteiger partial charge is 0.291 e. The number of rotatable bonds is 3. The van der Waals surface area contributed by atoms with Crippen LogP contribution in [0, 0.1) is 0 Å². The van der Waals surface area contributed by atoms with Crippen molar-refractivity contribution in [1.29, 1.82) is 0 Å². The molecule has 6 heteroatoms. The summed E-state index contributed by atoms with van der Waals surface area (Å²) < 4.78 is 11.8. The normalized spacial score (nSPS) is 11.2. The second-order valence-corrected chi connectivity index (χ2v) is 7.07. The van der Waals surface area contributed by atoms with E-state index >= 15 is 0 Å². The fraction of sp³-hybridized carbons (Fsp3) is 0. The third-order valence-corrected chi connectivity index (χ3v) is 4.87. The van der Waals surface area contributed by atoms with Gasteiger partial charge in [-0.2, -0.15) is 0 Å². The highest BCUT2D eigenvalue weighted by molar-refractivity contribution is 9.10. The van der Waals surface area contributed by atoms with Crippen molar-refractivity contribution in [2.24, 2.45) is 0 Å². The Kier molecular flexibility index (Phi) is 3.98. The minimum Gasteiger partial charge on any atom is -0.444 e. The van der Waals surface area contributed by atoms with Crippen LogP contribution in [0.1, 0.15) is 10.6 Å². The average molecular weight is 433 g/mol. The summed E-state index contributed by atoms with van der Waals surface area (Å²) in [6, 6.07) is 22.7. The third kappa shape index (κ3) is 2.97. The van der Waals surface area contributed by atoms with Crippen LogP contribution >= 0.6 is 15.9 Å². The lowest BCUT2D eigenvalue weighted by Crippen LogP contribution is -2.10. The molecule has 0 saturated heterocycles. The highest BCUT2D eigenvalue weighted by Crippen LogP contribution is 2.30. The predicted octanol–water partition coefficient (Wildman–Crippen LogP) is 6.26. The molecular formula is C22H13BrN2O3. The van der Waals surface area contributed by atoms with Crippen molar-refractivity contribution in [2.75, 3.05) is 5.32 Å². The number of anilines is 1. The topological polar surface area (TPSA) is 68.3 Å². The minimum absolute atomic E-state index is 0.227. The highest BCUT2D eigenvalue weighted by atomic mass is 79.9. The Bertz CT molecular complexity index is 1340. The van der Waals surface area contributed by atoms with Crippen molar-refractivity contribution in [3.63, 3.8) is 0 Å². The summed E-state index contributed by atoms with van der Waals surface area (Å²) in [4.78, 5) is 17.0. The van der Waals surface area contributed by atoms with Crippen LogP contribution in [0.2, 0.25) is 0 Å². The van der Waals surface area contributed by atoms with Gasteiger partial charge in [-0.15, -0.1) is 0 Å². The molecule has 0 aliphatic heterocycles. The van der Waals surface area contributed by atoms with E-state index in [2.05, 4.69) is 26.2 Å². The highest BCUT2D eigenvalue weighted by Gasteiger charge is 2.14. The van der Waals surface area contributed by atoms with E-state index in [4.69, 9.17) is 8.83 Å². The van der Waals surface area contributed by atoms with Crippen LogP contribution in [-0.2, 0) is 0 Å². The molecule has 5 rings (SSSR count). The Morgan fingerprint density at radius 3 is 2.68 bits per heavy atom. The zero-order valence-electron chi connectivity index (χ0n) is 14.5. The number of hydrogen-bond donors (Lipinski definition) is 1. The first-order valence-electron chi connectivity index (χ1n) is 8.63. The Balaban J connectivity index is 1.50. The summed E-state index contributed by atoms with van der Waals surface area (Å²) in [5.41, 5.74) is 2.95. The summed E-state index contributed by atoms with van der Waals surface area (Å²) in [6.07, 6.45) is 0. The van der Waals surface area contributed by atoms with Crippen LogP contribution in [0.25, 0.3) is 33.3 Å². The number of amides is 1. The number of nitrogens with zero attached hydrogens (tertiary/aromatic N) is 1. The van der Waals surface area contributed by atoms with Crippen LogP contribution in [0.4, 0.5) is 5.69 Å². The fourth-order valence-electron chi connectivity index (χ4n) is 3.14. The lowest BCUT2D eigenvalue weighted by atomic mass is 10.1. The van der Waals surface area contributed by atoms with Gasteiger partial charge in [0.2, 0.25) is 5.89 Å². The van der Waals surface area contributed by atoms with Crippen molar-refractivity contribution in [2.45, 2.75) is 0 Å². The van der Waals surface area contributed by atoms with Crippen LogP contribution < -0.4 is 5.32 Å².